The second kappa shape index (κ2) is 14.2. The molecule has 1 rings (SSSR count). The van der Waals surface area contributed by atoms with Gasteiger partial charge in [0.1, 0.15) is 0 Å². The first-order valence-electron chi connectivity index (χ1n) is 9.68. The molecule has 0 radical (unpaired) electrons. The van der Waals surface area contributed by atoms with Crippen molar-refractivity contribution in [3.05, 3.63) is 36.9 Å². The second-order valence-electron chi connectivity index (χ2n) is 5.88. The fourth-order valence-corrected chi connectivity index (χ4v) is 7.01. The van der Waals surface area contributed by atoms with Gasteiger partial charge in [0.05, 0.1) is 18.9 Å². The van der Waals surface area contributed by atoms with Crippen molar-refractivity contribution in [1.82, 2.24) is 4.67 Å². The van der Waals surface area contributed by atoms with Gasteiger partial charge in [-0.1, -0.05) is 26.3 Å². The molecule has 0 N–H and O–H groups in total. The first-order chi connectivity index (χ1) is 13.5. The molecule has 1 atom stereocenters. The number of ether oxygens (including phenoxy) is 1. The lowest BCUT2D eigenvalue weighted by atomic mass is 10.3. The number of hydrogen-bond donors (Lipinski definition) is 0. The van der Waals surface area contributed by atoms with Crippen LogP contribution < -0.4 is 0 Å². The predicted octanol–water partition coefficient (Wildman–Crippen LogP) is 6.99. The third kappa shape index (κ3) is 8.24. The molecule has 0 aliphatic heterocycles. The van der Waals surface area contributed by atoms with Crippen LogP contribution in [0.15, 0.2) is 46.8 Å². The Balaban J connectivity index is 3.28. The summed E-state index contributed by atoms with van der Waals surface area (Å²) in [6.45, 7) is 7.79. The van der Waals surface area contributed by atoms with E-state index in [9.17, 15) is 4.57 Å². The van der Waals surface area contributed by atoms with Crippen LogP contribution in [0.5, 0.6) is 0 Å². The number of nitrogens with zero attached hydrogens (tertiary/aromatic N) is 2. The quantitative estimate of drug-likeness (QED) is 0.0816. The molecular formula is C20H33N2O3PS2. The Bertz CT molecular complexity index is 653. The molecule has 0 aliphatic carbocycles. The average molecular weight is 445 g/mol. The molecule has 8 heteroatoms. The summed E-state index contributed by atoms with van der Waals surface area (Å²) in [5.74, 6) is 0.755. The van der Waals surface area contributed by atoms with Crippen molar-refractivity contribution in [3.63, 3.8) is 0 Å². The molecule has 0 spiro atoms. The van der Waals surface area contributed by atoms with Gasteiger partial charge in [-0.25, -0.2) is 4.67 Å². The highest BCUT2D eigenvalue weighted by Crippen LogP contribution is 2.63. The van der Waals surface area contributed by atoms with Gasteiger partial charge >= 0.3 is 12.7 Å². The summed E-state index contributed by atoms with van der Waals surface area (Å²) in [6.07, 6.45) is 6.57. The van der Waals surface area contributed by atoms with Gasteiger partial charge in [-0.15, -0.1) is 18.3 Å². The molecule has 0 fully saturated rings. The van der Waals surface area contributed by atoms with Crippen molar-refractivity contribution >= 4 is 41.6 Å². The number of hydrogen-bond acceptors (Lipinski definition) is 6. The van der Waals surface area contributed by atoms with Gasteiger partial charge in [-0.3, -0.25) is 4.57 Å². The van der Waals surface area contributed by atoms with Crippen LogP contribution in [0.25, 0.3) is 0 Å². The van der Waals surface area contributed by atoms with Crippen molar-refractivity contribution in [3.8, 4) is 0 Å². The fourth-order valence-electron chi connectivity index (χ4n) is 2.19. The normalized spacial score (nSPS) is 13.8. The van der Waals surface area contributed by atoms with E-state index in [0.29, 0.717) is 25.8 Å². The van der Waals surface area contributed by atoms with Crippen molar-refractivity contribution in [2.24, 2.45) is 4.99 Å². The zero-order valence-corrected chi connectivity index (χ0v) is 20.0. The second-order valence-corrected chi connectivity index (χ2v) is 11.3. The summed E-state index contributed by atoms with van der Waals surface area (Å²) < 4.78 is 27.1. The molecule has 28 heavy (non-hydrogen) atoms. The monoisotopic (exact) mass is 444 g/mol. The molecule has 0 aliphatic rings. The number of aliphatic imine (C=N–C) groups is 1. The number of rotatable bonds is 13. The Kier molecular flexibility index (Phi) is 12.7. The van der Waals surface area contributed by atoms with Crippen LogP contribution in [0, 0.1) is 0 Å². The van der Waals surface area contributed by atoms with E-state index in [-0.39, 0.29) is 0 Å². The smallest absolute Gasteiger partial charge is 0.357 e. The lowest BCUT2D eigenvalue weighted by Gasteiger charge is -2.31. The van der Waals surface area contributed by atoms with Crippen molar-refractivity contribution in [2.45, 2.75) is 44.9 Å². The van der Waals surface area contributed by atoms with Gasteiger partial charge in [0.15, 0.2) is 0 Å². The summed E-state index contributed by atoms with van der Waals surface area (Å²) in [4.78, 5) is 5.83. The Labute approximate surface area is 178 Å². The minimum Gasteiger partial charge on any atom is -0.465 e. The van der Waals surface area contributed by atoms with Crippen LogP contribution in [0.1, 0.15) is 40.0 Å². The third-order valence-corrected chi connectivity index (χ3v) is 9.08. The molecule has 0 heterocycles. The topological polar surface area (TPSA) is 51.1 Å². The highest BCUT2D eigenvalue weighted by atomic mass is 32.7. The molecule has 1 aromatic rings. The van der Waals surface area contributed by atoms with Crippen LogP contribution >= 0.6 is 29.9 Å². The lowest BCUT2D eigenvalue weighted by molar-refractivity contribution is 0.252. The van der Waals surface area contributed by atoms with Gasteiger partial charge in [-0.05, 0) is 61.7 Å². The van der Waals surface area contributed by atoms with Crippen molar-refractivity contribution < 1.29 is 13.8 Å². The Morgan fingerprint density at radius 3 is 2.50 bits per heavy atom. The molecule has 0 saturated heterocycles. The maximum atomic E-state index is 13.7. The molecule has 1 unspecified atom stereocenters. The highest BCUT2D eigenvalue weighted by molar-refractivity contribution is 8.56. The molecular weight excluding hydrogens is 411 g/mol. The van der Waals surface area contributed by atoms with Crippen LogP contribution in [0.2, 0.25) is 0 Å². The maximum absolute atomic E-state index is 13.7. The van der Waals surface area contributed by atoms with Gasteiger partial charge in [-0.2, -0.15) is 4.99 Å². The first kappa shape index (κ1) is 25.2. The van der Waals surface area contributed by atoms with E-state index >= 15 is 0 Å². The SMILES string of the molecule is C=CCN(C(=Nc1ccc(SC)cc1)OCCC)P(=O)(OCC)SCCCC. The molecule has 0 bridgehead atoms. The van der Waals surface area contributed by atoms with E-state index in [0.717, 1.165) is 35.6 Å². The predicted molar refractivity (Wildman–Crippen MR) is 125 cm³/mol. The molecule has 5 nitrogen and oxygen atoms in total. The number of thioether (sulfide) groups is 1. The minimum absolute atomic E-state index is 0.319. The van der Waals surface area contributed by atoms with E-state index in [4.69, 9.17) is 9.26 Å². The first-order valence-corrected chi connectivity index (χ1v) is 14.1. The molecule has 0 aromatic heterocycles. The summed E-state index contributed by atoms with van der Waals surface area (Å²) >= 11 is 3.02. The van der Waals surface area contributed by atoms with Gasteiger partial charge in [0, 0.05) is 17.2 Å². The van der Waals surface area contributed by atoms with Gasteiger partial charge < -0.3 is 9.26 Å². The van der Waals surface area contributed by atoms with E-state index in [1.807, 2.05) is 44.4 Å². The lowest BCUT2D eigenvalue weighted by Crippen LogP contribution is -2.31. The summed E-state index contributed by atoms with van der Waals surface area (Å²) in [5.41, 5.74) is 0.750. The van der Waals surface area contributed by atoms with E-state index in [1.165, 1.54) is 11.4 Å². The summed E-state index contributed by atoms with van der Waals surface area (Å²) in [5, 5.41) is 0. The van der Waals surface area contributed by atoms with Gasteiger partial charge in [0.25, 0.3) is 0 Å². The Hall–Kier alpha value is -0.880. The Morgan fingerprint density at radius 2 is 1.96 bits per heavy atom. The zero-order valence-electron chi connectivity index (χ0n) is 17.4. The summed E-state index contributed by atoms with van der Waals surface area (Å²) in [7, 11) is 0. The van der Waals surface area contributed by atoms with Crippen LogP contribution in [0.4, 0.5) is 5.69 Å². The molecule has 0 amide bonds. The Morgan fingerprint density at radius 1 is 1.25 bits per heavy atom. The third-order valence-electron chi connectivity index (χ3n) is 3.60. The minimum atomic E-state index is -3.21. The van der Waals surface area contributed by atoms with E-state index < -0.39 is 6.72 Å². The summed E-state index contributed by atoms with van der Waals surface area (Å²) in [6, 6.07) is 8.21. The van der Waals surface area contributed by atoms with Gasteiger partial charge in [0.2, 0.25) is 0 Å². The van der Waals surface area contributed by atoms with Crippen LogP contribution in [-0.2, 0) is 13.8 Å². The fraction of sp³-hybridized carbons (Fsp3) is 0.550. The molecule has 158 valence electrons. The van der Waals surface area contributed by atoms with Crippen LogP contribution in [0.3, 0.4) is 0 Å². The number of benzene rings is 1. The molecule has 1 aromatic carbocycles. The number of unbranched alkanes of at least 4 members (excludes halogenated alkanes) is 1. The van der Waals surface area contributed by atoms with Crippen LogP contribution in [-0.4, -0.2) is 42.5 Å². The zero-order chi connectivity index (χ0) is 20.8. The molecule has 0 saturated carbocycles. The van der Waals surface area contributed by atoms with Crippen molar-refractivity contribution in [2.75, 3.05) is 31.8 Å². The van der Waals surface area contributed by atoms with E-state index in [2.05, 4.69) is 18.5 Å². The standard InChI is InChI=1S/C20H33N2O3PS2/c1-6-10-17-28-26(23,25-9-4)22(15-7-2)20(24-16-8-3)21-18-11-13-19(27-5)14-12-18/h7,11-14H,2,6,8-10,15-17H2,1,3-5H3. The van der Waals surface area contributed by atoms with Crippen molar-refractivity contribution in [1.29, 1.82) is 0 Å². The average Bonchev–Trinajstić information content (AvgIpc) is 2.70. The highest BCUT2D eigenvalue weighted by Gasteiger charge is 2.35. The largest absolute Gasteiger partial charge is 0.465 e. The maximum Gasteiger partial charge on any atom is 0.357 e. The number of amidine groups is 1. The van der Waals surface area contributed by atoms with E-state index in [1.54, 1.807) is 22.5 Å².